The van der Waals surface area contributed by atoms with Crippen LogP contribution in [0.15, 0.2) is 87.8 Å². The minimum absolute atomic E-state index is 0.226. The zero-order valence-electron chi connectivity index (χ0n) is 23.1. The molecule has 3 aromatic carbocycles. The highest BCUT2D eigenvalue weighted by atomic mass is 32.1. The van der Waals surface area contributed by atoms with Crippen molar-refractivity contribution in [3.63, 3.8) is 0 Å². The normalized spacial score (nSPS) is 14.9. The van der Waals surface area contributed by atoms with Gasteiger partial charge in [-0.1, -0.05) is 59.9 Å². The second-order valence-electron chi connectivity index (χ2n) is 9.54. The Labute approximate surface area is 236 Å². The van der Waals surface area contributed by atoms with Crippen molar-refractivity contribution in [1.82, 2.24) is 4.57 Å². The van der Waals surface area contributed by atoms with Crippen molar-refractivity contribution in [3.8, 4) is 11.5 Å². The lowest BCUT2D eigenvalue weighted by Crippen LogP contribution is -2.39. The van der Waals surface area contributed by atoms with E-state index >= 15 is 0 Å². The van der Waals surface area contributed by atoms with Crippen LogP contribution in [0.3, 0.4) is 0 Å². The number of benzene rings is 3. The quantitative estimate of drug-likeness (QED) is 0.312. The molecular formula is C32H30N2O5S. The standard InChI is InChI=1S/C32H30N2O5S/c1-19-10-9-13-25(20(19)2)39-18-24-16-22(14-15-26(24)37-4)17-27-30(35)34-29(23-11-7-6-8-12-23)28(31(36)38-5)21(3)33-32(34)40-27/h6-17,29H,18H2,1-5H3/b27-17+. The molecule has 1 aliphatic rings. The van der Waals surface area contributed by atoms with E-state index in [-0.39, 0.29) is 5.56 Å². The third kappa shape index (κ3) is 5.10. The van der Waals surface area contributed by atoms with Crippen LogP contribution in [0.1, 0.15) is 40.8 Å². The SMILES string of the molecule is COC(=O)C1=C(C)N=c2s/c(=C/c3ccc(OC)c(COc4cccc(C)c4C)c3)c(=O)n2C1c1ccccc1. The van der Waals surface area contributed by atoms with E-state index in [1.807, 2.05) is 73.7 Å². The number of nitrogens with zero attached hydrogens (tertiary/aromatic N) is 2. The maximum atomic E-state index is 13.8. The summed E-state index contributed by atoms with van der Waals surface area (Å²) in [6.07, 6.45) is 1.84. The molecule has 2 heterocycles. The van der Waals surface area contributed by atoms with Gasteiger partial charge in [-0.25, -0.2) is 9.79 Å². The van der Waals surface area contributed by atoms with Crippen molar-refractivity contribution in [2.45, 2.75) is 33.4 Å². The predicted molar refractivity (Wildman–Crippen MR) is 155 cm³/mol. The maximum Gasteiger partial charge on any atom is 0.338 e. The molecule has 40 heavy (non-hydrogen) atoms. The Morgan fingerprint density at radius 3 is 2.50 bits per heavy atom. The molecule has 0 saturated carbocycles. The Hall–Kier alpha value is -4.43. The van der Waals surface area contributed by atoms with Gasteiger partial charge in [0.05, 0.1) is 36.1 Å². The molecule has 0 spiro atoms. The molecule has 0 radical (unpaired) electrons. The first-order valence-corrected chi connectivity index (χ1v) is 13.7. The molecule has 0 bridgehead atoms. The van der Waals surface area contributed by atoms with Gasteiger partial charge in [-0.3, -0.25) is 9.36 Å². The Bertz CT molecular complexity index is 1800. The van der Waals surface area contributed by atoms with Crippen molar-refractivity contribution in [3.05, 3.63) is 126 Å². The van der Waals surface area contributed by atoms with Gasteiger partial charge in [0.15, 0.2) is 4.80 Å². The van der Waals surface area contributed by atoms with E-state index in [4.69, 9.17) is 14.2 Å². The molecule has 1 aromatic heterocycles. The lowest BCUT2D eigenvalue weighted by Gasteiger charge is -2.24. The number of rotatable bonds is 7. The minimum Gasteiger partial charge on any atom is -0.496 e. The number of hydrogen-bond donors (Lipinski definition) is 0. The van der Waals surface area contributed by atoms with Gasteiger partial charge in [-0.05, 0) is 67.3 Å². The Kier molecular flexibility index (Phi) is 7.71. The fourth-order valence-electron chi connectivity index (χ4n) is 4.83. The van der Waals surface area contributed by atoms with E-state index < -0.39 is 12.0 Å². The summed E-state index contributed by atoms with van der Waals surface area (Å²) in [5.41, 5.74) is 5.39. The van der Waals surface area contributed by atoms with Crippen LogP contribution in [0.5, 0.6) is 11.5 Å². The number of carbonyl (C=O) groups excluding carboxylic acids is 1. The summed E-state index contributed by atoms with van der Waals surface area (Å²) in [5, 5.41) is 0. The molecule has 7 nitrogen and oxygen atoms in total. The number of esters is 1. The first kappa shape index (κ1) is 27.1. The Morgan fingerprint density at radius 1 is 1.00 bits per heavy atom. The summed E-state index contributed by atoms with van der Waals surface area (Å²) in [5.74, 6) is 1.01. The molecule has 0 saturated heterocycles. The first-order valence-electron chi connectivity index (χ1n) is 12.8. The van der Waals surface area contributed by atoms with Crippen LogP contribution < -0.4 is 24.4 Å². The number of methoxy groups -OCH3 is 2. The highest BCUT2D eigenvalue weighted by molar-refractivity contribution is 7.07. The highest BCUT2D eigenvalue weighted by Gasteiger charge is 2.32. The summed E-state index contributed by atoms with van der Waals surface area (Å²) in [7, 11) is 2.96. The monoisotopic (exact) mass is 554 g/mol. The van der Waals surface area contributed by atoms with E-state index in [1.165, 1.54) is 18.4 Å². The van der Waals surface area contributed by atoms with Crippen LogP contribution in [0.4, 0.5) is 0 Å². The number of ether oxygens (including phenoxy) is 3. The fraction of sp³-hybridized carbons (Fsp3) is 0.219. The topological polar surface area (TPSA) is 79.1 Å². The van der Waals surface area contributed by atoms with E-state index in [9.17, 15) is 9.59 Å². The number of allylic oxidation sites excluding steroid dienone is 1. The third-order valence-electron chi connectivity index (χ3n) is 7.08. The summed E-state index contributed by atoms with van der Waals surface area (Å²) >= 11 is 1.29. The van der Waals surface area contributed by atoms with Crippen molar-refractivity contribution in [2.24, 2.45) is 4.99 Å². The number of thiazole rings is 1. The van der Waals surface area contributed by atoms with Gasteiger partial charge in [0, 0.05) is 5.56 Å². The van der Waals surface area contributed by atoms with Crippen LogP contribution in [-0.2, 0) is 16.1 Å². The van der Waals surface area contributed by atoms with E-state index in [0.29, 0.717) is 33.0 Å². The van der Waals surface area contributed by atoms with Crippen molar-refractivity contribution in [2.75, 3.05) is 14.2 Å². The van der Waals surface area contributed by atoms with Crippen molar-refractivity contribution >= 4 is 23.4 Å². The number of aryl methyl sites for hydroxylation is 1. The summed E-state index contributed by atoms with van der Waals surface area (Å²) in [4.78, 5) is 31.8. The lowest BCUT2D eigenvalue weighted by molar-refractivity contribution is -0.136. The van der Waals surface area contributed by atoms with Crippen LogP contribution in [0.25, 0.3) is 6.08 Å². The van der Waals surface area contributed by atoms with Gasteiger partial charge in [0.25, 0.3) is 5.56 Å². The Balaban J connectivity index is 1.57. The highest BCUT2D eigenvalue weighted by Crippen LogP contribution is 2.30. The molecule has 8 heteroatoms. The second-order valence-corrected chi connectivity index (χ2v) is 10.6. The van der Waals surface area contributed by atoms with Gasteiger partial charge in [-0.15, -0.1) is 0 Å². The molecule has 1 aliphatic heterocycles. The molecule has 0 aliphatic carbocycles. The van der Waals surface area contributed by atoms with E-state index in [1.54, 1.807) is 18.6 Å². The minimum atomic E-state index is -0.635. The number of aromatic nitrogens is 1. The van der Waals surface area contributed by atoms with Crippen LogP contribution in [0, 0.1) is 13.8 Å². The number of hydrogen-bond acceptors (Lipinski definition) is 7. The number of fused-ring (bicyclic) bond motifs is 1. The first-order chi connectivity index (χ1) is 19.3. The predicted octanol–water partition coefficient (Wildman–Crippen LogP) is 4.61. The summed E-state index contributed by atoms with van der Waals surface area (Å²) in [6.45, 7) is 6.17. The van der Waals surface area contributed by atoms with E-state index in [2.05, 4.69) is 18.0 Å². The van der Waals surface area contributed by atoms with Gasteiger partial charge in [0.1, 0.15) is 18.1 Å². The van der Waals surface area contributed by atoms with Crippen molar-refractivity contribution < 1.29 is 19.0 Å². The largest absolute Gasteiger partial charge is 0.496 e. The van der Waals surface area contributed by atoms with Gasteiger partial charge >= 0.3 is 5.97 Å². The molecule has 0 N–H and O–H groups in total. The van der Waals surface area contributed by atoms with E-state index in [0.717, 1.165) is 33.6 Å². The molecule has 5 rings (SSSR count). The van der Waals surface area contributed by atoms with Crippen LogP contribution in [-0.4, -0.2) is 24.8 Å². The maximum absolute atomic E-state index is 13.8. The van der Waals surface area contributed by atoms with Crippen LogP contribution in [0.2, 0.25) is 0 Å². The average molecular weight is 555 g/mol. The molecular weight excluding hydrogens is 524 g/mol. The zero-order valence-corrected chi connectivity index (χ0v) is 23.9. The Morgan fingerprint density at radius 2 is 1.77 bits per heavy atom. The zero-order chi connectivity index (χ0) is 28.4. The average Bonchev–Trinajstić information content (AvgIpc) is 3.27. The van der Waals surface area contributed by atoms with Gasteiger partial charge in [-0.2, -0.15) is 0 Å². The van der Waals surface area contributed by atoms with Gasteiger partial charge < -0.3 is 14.2 Å². The summed E-state index contributed by atoms with van der Waals surface area (Å²) in [6, 6.07) is 20.5. The fourth-order valence-corrected chi connectivity index (χ4v) is 5.88. The summed E-state index contributed by atoms with van der Waals surface area (Å²) < 4.78 is 18.9. The van der Waals surface area contributed by atoms with Gasteiger partial charge in [0.2, 0.25) is 0 Å². The molecule has 4 aromatic rings. The molecule has 204 valence electrons. The third-order valence-corrected chi connectivity index (χ3v) is 8.07. The lowest BCUT2D eigenvalue weighted by atomic mass is 9.96. The van der Waals surface area contributed by atoms with Crippen molar-refractivity contribution in [1.29, 1.82) is 0 Å². The number of carbonyl (C=O) groups is 1. The van der Waals surface area contributed by atoms with Crippen LogP contribution >= 0.6 is 11.3 Å². The molecule has 1 atom stereocenters. The second kappa shape index (κ2) is 11.4. The molecule has 0 amide bonds. The molecule has 1 unspecified atom stereocenters. The smallest absolute Gasteiger partial charge is 0.338 e. The molecule has 0 fully saturated rings.